The molecule has 0 aliphatic carbocycles. The summed E-state index contributed by atoms with van der Waals surface area (Å²) in [7, 11) is 0. The number of hydrogen-bond acceptors (Lipinski definition) is 23. The van der Waals surface area contributed by atoms with Crippen LogP contribution in [0.3, 0.4) is 0 Å². The van der Waals surface area contributed by atoms with Crippen molar-refractivity contribution in [2.24, 2.45) is 0 Å². The van der Waals surface area contributed by atoms with Crippen molar-refractivity contribution in [3.05, 3.63) is 105 Å². The van der Waals surface area contributed by atoms with Gasteiger partial charge in [0, 0.05) is 33.0 Å². The third-order valence-corrected chi connectivity index (χ3v) is 16.5. The fraction of sp³-hybridized carbons (Fsp3) is 0.443. The average molecular weight is 1160 g/mol. The number of benzene rings is 6. The van der Waals surface area contributed by atoms with E-state index in [2.05, 4.69) is 0 Å². The molecule has 8 heterocycles. The lowest BCUT2D eigenvalue weighted by atomic mass is 9.87. The SMILES string of the molecule is CC1(C)OC[C@H]2OC(Oc3c4c(c(-c5ccc6c(c5)OCO6)c5cc(CO)c(CO)cc35)C(=O)OC4)[C@H](O)[C@@H](O)[C@H]2O1.CC[C@H]1OC(Oc2c3c(c(-c4ccc5c(c4)OCO5)c4cc(CO)c(CO)cc24)C(=O)OC3)[C@@H]2OC(C)(C)O[C@H]2[C@H]1O. The normalized spacial score (nSPS) is 27.3. The van der Waals surface area contributed by atoms with E-state index in [-0.39, 0.29) is 71.1 Å². The lowest BCUT2D eigenvalue weighted by Gasteiger charge is -2.48. The molecule has 14 rings (SSSR count). The number of fused-ring (bicyclic) bond motifs is 8. The molecule has 4 saturated heterocycles. The zero-order valence-corrected chi connectivity index (χ0v) is 46.3. The van der Waals surface area contributed by atoms with Crippen LogP contribution in [0, 0.1) is 0 Å². The first-order valence-corrected chi connectivity index (χ1v) is 27.6. The highest BCUT2D eigenvalue weighted by atomic mass is 16.8. The van der Waals surface area contributed by atoms with E-state index in [4.69, 9.17) is 66.3 Å². The Labute approximate surface area is 479 Å². The van der Waals surface area contributed by atoms with Crippen LogP contribution in [-0.4, -0.2) is 141 Å². The summed E-state index contributed by atoms with van der Waals surface area (Å²) in [6.45, 7) is 7.57. The summed E-state index contributed by atoms with van der Waals surface area (Å²) in [6, 6.07) is 17.6. The second-order valence-corrected chi connectivity index (χ2v) is 22.4. The molecule has 0 bridgehead atoms. The number of ether oxygens (including phenoxy) is 14. The van der Waals surface area contributed by atoms with Crippen molar-refractivity contribution < 1.29 is 112 Å². The Morgan fingerprint density at radius 2 is 0.964 bits per heavy atom. The molecule has 0 radical (unpaired) electrons. The number of aliphatic hydroxyl groups excluding tert-OH is 7. The molecule has 84 heavy (non-hydrogen) atoms. The van der Waals surface area contributed by atoms with Crippen LogP contribution in [0.25, 0.3) is 43.8 Å². The van der Waals surface area contributed by atoms with Crippen LogP contribution >= 0.6 is 0 Å². The maximum absolute atomic E-state index is 13.3. The lowest BCUT2D eigenvalue weighted by Crippen LogP contribution is -2.65. The molecule has 23 nitrogen and oxygen atoms in total. The molecule has 10 atom stereocenters. The van der Waals surface area contributed by atoms with Crippen molar-refractivity contribution >= 4 is 33.5 Å². The minimum atomic E-state index is -1.51. The summed E-state index contributed by atoms with van der Waals surface area (Å²) in [5.74, 6) is -0.311. The Morgan fingerprint density at radius 3 is 1.46 bits per heavy atom. The van der Waals surface area contributed by atoms with Gasteiger partial charge in [0.05, 0.1) is 50.3 Å². The van der Waals surface area contributed by atoms with Gasteiger partial charge in [-0.2, -0.15) is 0 Å². The number of esters is 2. The second-order valence-electron chi connectivity index (χ2n) is 22.4. The molecular formula is C61H62O23. The Kier molecular flexibility index (Phi) is 14.4. The van der Waals surface area contributed by atoms with Gasteiger partial charge in [0.25, 0.3) is 0 Å². The van der Waals surface area contributed by atoms with Gasteiger partial charge in [0.2, 0.25) is 26.2 Å². The Balaban J connectivity index is 0.000000157. The van der Waals surface area contributed by atoms with Crippen LogP contribution in [0.2, 0.25) is 0 Å². The van der Waals surface area contributed by atoms with E-state index in [0.29, 0.717) is 118 Å². The van der Waals surface area contributed by atoms with Crippen LogP contribution in [0.15, 0.2) is 60.7 Å². The molecular weight excluding hydrogens is 1100 g/mol. The molecule has 0 spiro atoms. The quantitative estimate of drug-likeness (QED) is 0.0825. The summed E-state index contributed by atoms with van der Waals surface area (Å²) < 4.78 is 82.1. The number of hydrogen-bond donors (Lipinski definition) is 7. The number of carbonyl (C=O) groups excluding carboxylic acids is 2. The summed E-state index contributed by atoms with van der Waals surface area (Å²) in [4.78, 5) is 26.6. The standard InChI is InChI=1S/C31H32O11.C30H30O12/c1-4-20-25(34)27-28(42-31(2,3)41-27)30(39-20)40-26-18-8-16(11-33)15(10-32)7-17(18)23(24-19(26)12-36-29(24)35)14-5-6-21-22(9-14)38-13-37-21;1-30(2)39-11-21-27(42-30)24(33)25(34)29(40-21)41-26-17-6-15(9-32)14(8-31)5-16(17)22(23-18(26)10-36-28(23)35)13-3-4-19-20(7-13)38-12-37-19/h5-9,20,25,27-28,30,32-34H,4,10-13H2,1-3H3;3-7,21,24-25,27,29,31-34H,8-12H2,1-2H3/t20-,25+,27+,28-,30?;21-,24-,25-,27+,29?/m11/s1. The lowest BCUT2D eigenvalue weighted by molar-refractivity contribution is -0.373. The van der Waals surface area contributed by atoms with Crippen molar-refractivity contribution in [3.8, 4) is 56.8 Å². The van der Waals surface area contributed by atoms with Gasteiger partial charge in [-0.05, 0) is 127 Å². The minimum absolute atomic E-state index is 0.0449. The number of carbonyl (C=O) groups is 2. The van der Waals surface area contributed by atoms with E-state index in [0.717, 1.165) is 0 Å². The molecule has 0 saturated carbocycles. The van der Waals surface area contributed by atoms with E-state index in [1.807, 2.05) is 13.0 Å². The first-order valence-electron chi connectivity index (χ1n) is 27.6. The largest absolute Gasteiger partial charge is 0.461 e. The van der Waals surface area contributed by atoms with E-state index >= 15 is 0 Å². The van der Waals surface area contributed by atoms with E-state index in [1.165, 1.54) is 0 Å². The zero-order chi connectivity index (χ0) is 58.7. The highest BCUT2D eigenvalue weighted by Gasteiger charge is 2.56. The summed E-state index contributed by atoms with van der Waals surface area (Å²) in [6.07, 6.45) is -9.23. The van der Waals surface area contributed by atoms with Gasteiger partial charge < -0.3 is 102 Å². The van der Waals surface area contributed by atoms with Gasteiger partial charge >= 0.3 is 11.9 Å². The molecule has 2 unspecified atom stereocenters. The predicted molar refractivity (Wildman–Crippen MR) is 289 cm³/mol. The van der Waals surface area contributed by atoms with Gasteiger partial charge in [0.1, 0.15) is 61.3 Å². The van der Waals surface area contributed by atoms with Crippen LogP contribution in [0.4, 0.5) is 0 Å². The van der Waals surface area contributed by atoms with Crippen LogP contribution < -0.4 is 28.4 Å². The molecule has 8 aliphatic rings. The first-order chi connectivity index (χ1) is 40.4. The monoisotopic (exact) mass is 1160 g/mol. The number of aliphatic hydroxyl groups is 7. The van der Waals surface area contributed by atoms with E-state index < -0.39 is 84.9 Å². The fourth-order valence-electron chi connectivity index (χ4n) is 12.4. The zero-order valence-electron chi connectivity index (χ0n) is 46.3. The molecule has 444 valence electrons. The average Bonchev–Trinajstić information content (AvgIpc) is 1.91. The molecule has 4 fully saturated rings. The van der Waals surface area contributed by atoms with Crippen LogP contribution in [-0.2, 0) is 77.5 Å². The number of cyclic esters (lactones) is 2. The predicted octanol–water partition coefficient (Wildman–Crippen LogP) is 5.15. The Bertz CT molecular complexity index is 3630. The molecule has 8 aliphatic heterocycles. The van der Waals surface area contributed by atoms with Crippen LogP contribution in [0.1, 0.15) is 95.1 Å². The minimum Gasteiger partial charge on any atom is -0.461 e. The number of rotatable bonds is 11. The highest BCUT2D eigenvalue weighted by molar-refractivity contribution is 6.15. The molecule has 0 aromatic heterocycles. The third kappa shape index (κ3) is 9.51. The van der Waals surface area contributed by atoms with Gasteiger partial charge in [-0.3, -0.25) is 0 Å². The van der Waals surface area contributed by atoms with Crippen molar-refractivity contribution in [3.63, 3.8) is 0 Å². The van der Waals surface area contributed by atoms with E-state index in [1.54, 1.807) is 82.3 Å². The Morgan fingerprint density at radius 1 is 0.500 bits per heavy atom. The molecule has 6 aromatic rings. The van der Waals surface area contributed by atoms with E-state index in [9.17, 15) is 45.3 Å². The first kappa shape index (κ1) is 56.2. The summed E-state index contributed by atoms with van der Waals surface area (Å²) >= 11 is 0. The topological polar surface area (TPSA) is 305 Å². The van der Waals surface area contributed by atoms with Gasteiger partial charge in [0.15, 0.2) is 40.7 Å². The molecule has 7 N–H and O–H groups in total. The van der Waals surface area contributed by atoms with Gasteiger partial charge in [-0.25, -0.2) is 9.59 Å². The maximum atomic E-state index is 13.3. The molecule has 23 heteroatoms. The molecule has 6 aromatic carbocycles. The van der Waals surface area contributed by atoms with Crippen LogP contribution in [0.5, 0.6) is 34.5 Å². The van der Waals surface area contributed by atoms with Gasteiger partial charge in [-0.1, -0.05) is 19.1 Å². The Hall–Kier alpha value is -6.94. The third-order valence-electron chi connectivity index (χ3n) is 16.5. The highest BCUT2D eigenvalue weighted by Crippen LogP contribution is 2.51. The van der Waals surface area contributed by atoms with Gasteiger partial charge in [-0.15, -0.1) is 0 Å². The van der Waals surface area contributed by atoms with Crippen molar-refractivity contribution in [1.29, 1.82) is 0 Å². The van der Waals surface area contributed by atoms with Crippen molar-refractivity contribution in [1.82, 2.24) is 0 Å². The fourth-order valence-corrected chi connectivity index (χ4v) is 12.4. The second kappa shape index (κ2) is 21.5. The van der Waals surface area contributed by atoms with Crippen molar-refractivity contribution in [2.45, 2.75) is 154 Å². The maximum Gasteiger partial charge on any atom is 0.339 e. The van der Waals surface area contributed by atoms with Crippen molar-refractivity contribution in [2.75, 3.05) is 20.2 Å². The summed E-state index contributed by atoms with van der Waals surface area (Å²) in [5.41, 5.74) is 5.81. The molecule has 0 amide bonds. The smallest absolute Gasteiger partial charge is 0.339 e. The summed E-state index contributed by atoms with van der Waals surface area (Å²) in [5, 5.41) is 75.7.